The van der Waals surface area contributed by atoms with Crippen molar-refractivity contribution >= 4 is 5.69 Å². The first kappa shape index (κ1) is 13.1. The lowest BCUT2D eigenvalue weighted by atomic mass is 10.1. The van der Waals surface area contributed by atoms with Gasteiger partial charge in [0.1, 0.15) is 0 Å². The Balaban J connectivity index is 1.61. The number of hydrogen-bond donors (Lipinski definition) is 0. The number of pyridine rings is 2. The second-order valence-electron chi connectivity index (χ2n) is 5.18. The third-order valence-corrected chi connectivity index (χ3v) is 4.08. The van der Waals surface area contributed by atoms with E-state index in [2.05, 4.69) is 51.0 Å². The van der Waals surface area contributed by atoms with Gasteiger partial charge in [0.05, 0.1) is 0 Å². The van der Waals surface area contributed by atoms with E-state index < -0.39 is 0 Å². The third kappa shape index (κ3) is 2.80. The van der Waals surface area contributed by atoms with Crippen LogP contribution >= 0.6 is 0 Å². The minimum atomic E-state index is 0.456. The van der Waals surface area contributed by atoms with E-state index in [-0.39, 0.29) is 0 Å². The van der Waals surface area contributed by atoms with Gasteiger partial charge in [0.15, 0.2) is 0 Å². The van der Waals surface area contributed by atoms with Gasteiger partial charge in [-0.3, -0.25) is 14.9 Å². The molecule has 2 aromatic rings. The van der Waals surface area contributed by atoms with E-state index in [4.69, 9.17) is 0 Å². The van der Waals surface area contributed by atoms with Crippen LogP contribution in [0.25, 0.3) is 0 Å². The summed E-state index contributed by atoms with van der Waals surface area (Å²) in [4.78, 5) is 13.1. The van der Waals surface area contributed by atoms with Crippen molar-refractivity contribution in [2.24, 2.45) is 0 Å². The maximum atomic E-state index is 4.09. The molecule has 0 N–H and O–H groups in total. The summed E-state index contributed by atoms with van der Waals surface area (Å²) in [5, 5.41) is 0. The third-order valence-electron chi connectivity index (χ3n) is 4.08. The molecule has 0 aromatic carbocycles. The molecule has 1 aliphatic rings. The maximum Gasteiger partial charge on any atom is 0.0397 e. The summed E-state index contributed by atoms with van der Waals surface area (Å²) < 4.78 is 0. The average Bonchev–Trinajstić information content (AvgIpc) is 2.56. The first-order chi connectivity index (χ1) is 9.84. The first-order valence-electron chi connectivity index (χ1n) is 7.13. The fourth-order valence-electron chi connectivity index (χ4n) is 2.78. The lowest BCUT2D eigenvalue weighted by molar-refractivity contribution is 0.198. The van der Waals surface area contributed by atoms with Crippen LogP contribution in [0.2, 0.25) is 0 Å². The molecule has 0 bridgehead atoms. The minimum absolute atomic E-state index is 0.456. The quantitative estimate of drug-likeness (QED) is 0.855. The Bertz CT molecular complexity index is 521. The van der Waals surface area contributed by atoms with Crippen molar-refractivity contribution in [2.75, 3.05) is 31.1 Å². The van der Waals surface area contributed by atoms with E-state index in [1.54, 1.807) is 0 Å². The number of hydrogen-bond acceptors (Lipinski definition) is 4. The molecular weight excluding hydrogens is 248 g/mol. The van der Waals surface area contributed by atoms with Crippen molar-refractivity contribution in [3.8, 4) is 0 Å². The largest absolute Gasteiger partial charge is 0.369 e. The monoisotopic (exact) mass is 268 g/mol. The van der Waals surface area contributed by atoms with Crippen LogP contribution in [0, 0.1) is 0 Å². The van der Waals surface area contributed by atoms with E-state index in [1.165, 1.54) is 11.3 Å². The Labute approximate surface area is 120 Å². The summed E-state index contributed by atoms with van der Waals surface area (Å²) in [5.74, 6) is 0. The lowest BCUT2D eigenvalue weighted by Gasteiger charge is -2.39. The van der Waals surface area contributed by atoms with Crippen molar-refractivity contribution < 1.29 is 0 Å². The van der Waals surface area contributed by atoms with Crippen LogP contribution in [-0.2, 0) is 0 Å². The normalized spacial score (nSPS) is 17.9. The molecular formula is C16H20N4. The van der Waals surface area contributed by atoms with Crippen LogP contribution in [0.1, 0.15) is 18.5 Å². The van der Waals surface area contributed by atoms with Crippen molar-refractivity contribution in [3.63, 3.8) is 0 Å². The second-order valence-corrected chi connectivity index (χ2v) is 5.18. The SMILES string of the molecule is CC(c1ccncc1)N1CCN(c2ccncc2)CC1. The average molecular weight is 268 g/mol. The van der Waals surface area contributed by atoms with Crippen molar-refractivity contribution in [1.29, 1.82) is 0 Å². The Morgan fingerprint density at radius 3 is 2.00 bits per heavy atom. The maximum absolute atomic E-state index is 4.09. The molecule has 1 saturated heterocycles. The molecule has 20 heavy (non-hydrogen) atoms. The fraction of sp³-hybridized carbons (Fsp3) is 0.375. The molecule has 1 fully saturated rings. The van der Waals surface area contributed by atoms with E-state index in [1.807, 2.05) is 24.8 Å². The van der Waals surface area contributed by atoms with Gasteiger partial charge >= 0.3 is 0 Å². The smallest absolute Gasteiger partial charge is 0.0397 e. The summed E-state index contributed by atoms with van der Waals surface area (Å²) in [6.07, 6.45) is 7.47. The molecule has 0 aliphatic carbocycles. The highest BCUT2D eigenvalue weighted by molar-refractivity contribution is 5.45. The van der Waals surface area contributed by atoms with E-state index in [0.717, 1.165) is 26.2 Å². The van der Waals surface area contributed by atoms with Crippen LogP contribution in [0.5, 0.6) is 0 Å². The standard InChI is InChI=1S/C16H20N4/c1-14(15-2-6-17-7-3-15)19-10-12-20(13-11-19)16-4-8-18-9-5-16/h2-9,14H,10-13H2,1H3. The minimum Gasteiger partial charge on any atom is -0.369 e. The molecule has 1 atom stereocenters. The molecule has 0 spiro atoms. The van der Waals surface area contributed by atoms with Crippen LogP contribution in [0.3, 0.4) is 0 Å². The van der Waals surface area contributed by atoms with Gasteiger partial charge in [0.25, 0.3) is 0 Å². The molecule has 3 heterocycles. The number of piperazine rings is 1. The van der Waals surface area contributed by atoms with Crippen LogP contribution in [0.4, 0.5) is 5.69 Å². The van der Waals surface area contributed by atoms with Crippen LogP contribution in [0.15, 0.2) is 49.1 Å². The zero-order chi connectivity index (χ0) is 13.8. The number of nitrogens with zero attached hydrogens (tertiary/aromatic N) is 4. The zero-order valence-electron chi connectivity index (χ0n) is 11.8. The van der Waals surface area contributed by atoms with Crippen LogP contribution in [-0.4, -0.2) is 41.0 Å². The summed E-state index contributed by atoms with van der Waals surface area (Å²) in [5.41, 5.74) is 2.62. The molecule has 3 rings (SSSR count). The molecule has 104 valence electrons. The second kappa shape index (κ2) is 6.01. The van der Waals surface area contributed by atoms with Crippen molar-refractivity contribution in [3.05, 3.63) is 54.6 Å². The van der Waals surface area contributed by atoms with Crippen LogP contribution < -0.4 is 4.90 Å². The predicted octanol–water partition coefficient (Wildman–Crippen LogP) is 2.36. The van der Waals surface area contributed by atoms with Crippen molar-refractivity contribution in [2.45, 2.75) is 13.0 Å². The van der Waals surface area contributed by atoms with Gasteiger partial charge in [0, 0.05) is 62.7 Å². The van der Waals surface area contributed by atoms with Gasteiger partial charge < -0.3 is 4.90 Å². The molecule has 2 aromatic heterocycles. The van der Waals surface area contributed by atoms with Gasteiger partial charge in [0.2, 0.25) is 0 Å². The molecule has 4 heteroatoms. The summed E-state index contributed by atoms with van der Waals surface area (Å²) >= 11 is 0. The summed E-state index contributed by atoms with van der Waals surface area (Å²) in [7, 11) is 0. The topological polar surface area (TPSA) is 32.3 Å². The number of anilines is 1. The highest BCUT2D eigenvalue weighted by Crippen LogP contribution is 2.22. The predicted molar refractivity (Wildman–Crippen MR) is 80.7 cm³/mol. The zero-order valence-corrected chi connectivity index (χ0v) is 11.8. The number of aromatic nitrogens is 2. The Morgan fingerprint density at radius 1 is 0.850 bits per heavy atom. The van der Waals surface area contributed by atoms with Gasteiger partial charge in [-0.05, 0) is 36.8 Å². The molecule has 0 saturated carbocycles. The highest BCUT2D eigenvalue weighted by Gasteiger charge is 2.21. The Morgan fingerprint density at radius 2 is 1.40 bits per heavy atom. The fourth-order valence-corrected chi connectivity index (χ4v) is 2.78. The first-order valence-corrected chi connectivity index (χ1v) is 7.13. The molecule has 4 nitrogen and oxygen atoms in total. The Kier molecular flexibility index (Phi) is 3.92. The van der Waals surface area contributed by atoms with Crippen molar-refractivity contribution in [1.82, 2.24) is 14.9 Å². The molecule has 0 radical (unpaired) electrons. The summed E-state index contributed by atoms with van der Waals surface area (Å²) in [6.45, 7) is 6.59. The Hall–Kier alpha value is -1.94. The van der Waals surface area contributed by atoms with Gasteiger partial charge in [-0.15, -0.1) is 0 Å². The van der Waals surface area contributed by atoms with E-state index >= 15 is 0 Å². The van der Waals surface area contributed by atoms with Gasteiger partial charge in [-0.25, -0.2) is 0 Å². The van der Waals surface area contributed by atoms with Gasteiger partial charge in [-0.1, -0.05) is 0 Å². The lowest BCUT2D eigenvalue weighted by Crippen LogP contribution is -2.47. The summed E-state index contributed by atoms with van der Waals surface area (Å²) in [6, 6.07) is 8.85. The number of rotatable bonds is 3. The molecule has 1 aliphatic heterocycles. The highest BCUT2D eigenvalue weighted by atomic mass is 15.3. The van der Waals surface area contributed by atoms with E-state index in [9.17, 15) is 0 Å². The van der Waals surface area contributed by atoms with Gasteiger partial charge in [-0.2, -0.15) is 0 Å². The van der Waals surface area contributed by atoms with E-state index in [0.29, 0.717) is 6.04 Å². The molecule has 1 unspecified atom stereocenters. The molecule has 0 amide bonds.